The summed E-state index contributed by atoms with van der Waals surface area (Å²) in [4.78, 5) is 17.3. The third-order valence-corrected chi connectivity index (χ3v) is 5.48. The summed E-state index contributed by atoms with van der Waals surface area (Å²) < 4.78 is 11.0. The highest BCUT2D eigenvalue weighted by molar-refractivity contribution is 5.80. The Morgan fingerprint density at radius 3 is 2.71 bits per heavy atom. The lowest BCUT2D eigenvalue weighted by molar-refractivity contribution is -0.143. The molecule has 3 heterocycles. The molecule has 0 N–H and O–H groups in total. The van der Waals surface area contributed by atoms with Crippen molar-refractivity contribution in [2.75, 3.05) is 44.8 Å². The molecule has 2 atom stereocenters. The first-order valence-corrected chi connectivity index (χ1v) is 9.82. The van der Waals surface area contributed by atoms with Gasteiger partial charge in [0.15, 0.2) is 5.82 Å². The van der Waals surface area contributed by atoms with Crippen LogP contribution in [0.4, 0.5) is 5.82 Å². The summed E-state index contributed by atoms with van der Waals surface area (Å²) in [6.07, 6.45) is 1.83. The van der Waals surface area contributed by atoms with Crippen molar-refractivity contribution in [1.82, 2.24) is 15.1 Å². The smallest absolute Gasteiger partial charge is 0.233 e. The summed E-state index contributed by atoms with van der Waals surface area (Å²) in [5, 5.41) is 8.29. The highest BCUT2D eigenvalue weighted by Crippen LogP contribution is 2.27. The first-order valence-electron chi connectivity index (χ1n) is 9.82. The van der Waals surface area contributed by atoms with Crippen LogP contribution in [0.2, 0.25) is 0 Å². The molecule has 2 aliphatic heterocycles. The standard InChI is InChI=1S/C21H26N4O3/c1-27-20-10-9-19(22-23-20)24-11-5-8-17(14-24)21(26)25-12-13-28-18(15-25)16-6-3-2-4-7-16/h2-4,6-7,9-10,17-18H,5,8,11-15H2,1H3/t17-,18+/m0/s1. The Kier molecular flexibility index (Phi) is 5.71. The molecule has 0 radical (unpaired) electrons. The predicted octanol–water partition coefficient (Wildman–Crippen LogP) is 2.30. The van der Waals surface area contributed by atoms with E-state index in [2.05, 4.69) is 27.2 Å². The number of carbonyl (C=O) groups is 1. The third-order valence-electron chi connectivity index (χ3n) is 5.48. The van der Waals surface area contributed by atoms with Crippen LogP contribution < -0.4 is 9.64 Å². The number of benzene rings is 1. The van der Waals surface area contributed by atoms with Crippen LogP contribution in [-0.2, 0) is 9.53 Å². The Labute approximate surface area is 165 Å². The van der Waals surface area contributed by atoms with Gasteiger partial charge in [0.05, 0.1) is 26.2 Å². The summed E-state index contributed by atoms with van der Waals surface area (Å²) in [6.45, 7) is 3.40. The first-order chi connectivity index (χ1) is 13.7. The number of anilines is 1. The molecule has 7 heteroatoms. The van der Waals surface area contributed by atoms with Crippen LogP contribution in [0.1, 0.15) is 24.5 Å². The largest absolute Gasteiger partial charge is 0.480 e. The number of rotatable bonds is 4. The van der Waals surface area contributed by atoms with Crippen LogP contribution in [0.3, 0.4) is 0 Å². The van der Waals surface area contributed by atoms with Crippen LogP contribution in [0.15, 0.2) is 42.5 Å². The SMILES string of the molecule is COc1ccc(N2CCC[C@H](C(=O)N3CCO[C@@H](c4ccccc4)C3)C2)nn1. The Balaban J connectivity index is 1.40. The highest BCUT2D eigenvalue weighted by Gasteiger charge is 2.33. The van der Waals surface area contributed by atoms with Crippen molar-refractivity contribution >= 4 is 11.7 Å². The fourth-order valence-electron chi connectivity index (χ4n) is 3.95. The topological polar surface area (TPSA) is 67.8 Å². The summed E-state index contributed by atoms with van der Waals surface area (Å²) in [7, 11) is 1.57. The van der Waals surface area contributed by atoms with Gasteiger partial charge in [-0.15, -0.1) is 10.2 Å². The average molecular weight is 382 g/mol. The second-order valence-electron chi connectivity index (χ2n) is 7.27. The van der Waals surface area contributed by atoms with Crippen LogP contribution in [0.25, 0.3) is 0 Å². The van der Waals surface area contributed by atoms with Gasteiger partial charge in [0.2, 0.25) is 11.8 Å². The van der Waals surface area contributed by atoms with Crippen molar-refractivity contribution in [3.63, 3.8) is 0 Å². The van der Waals surface area contributed by atoms with Crippen LogP contribution in [-0.4, -0.2) is 60.9 Å². The van der Waals surface area contributed by atoms with Gasteiger partial charge in [-0.1, -0.05) is 30.3 Å². The number of ether oxygens (including phenoxy) is 2. The van der Waals surface area contributed by atoms with E-state index in [0.29, 0.717) is 32.1 Å². The summed E-state index contributed by atoms with van der Waals surface area (Å²) >= 11 is 0. The van der Waals surface area contributed by atoms with Crippen molar-refractivity contribution in [1.29, 1.82) is 0 Å². The van der Waals surface area contributed by atoms with Crippen molar-refractivity contribution < 1.29 is 14.3 Å². The molecule has 1 aromatic carbocycles. The summed E-state index contributed by atoms with van der Waals surface area (Å²) in [5.41, 5.74) is 1.12. The number of aromatic nitrogens is 2. The second kappa shape index (κ2) is 8.56. The lowest BCUT2D eigenvalue weighted by Gasteiger charge is -2.38. The summed E-state index contributed by atoms with van der Waals surface area (Å²) in [5.74, 6) is 1.48. The van der Waals surface area contributed by atoms with Gasteiger partial charge >= 0.3 is 0 Å². The molecular weight excluding hydrogens is 356 g/mol. The number of morpholine rings is 1. The minimum absolute atomic E-state index is 0.0211. The predicted molar refractivity (Wildman–Crippen MR) is 105 cm³/mol. The van der Waals surface area contributed by atoms with Gasteiger partial charge in [-0.05, 0) is 24.5 Å². The van der Waals surface area contributed by atoms with Gasteiger partial charge in [-0.3, -0.25) is 4.79 Å². The minimum Gasteiger partial charge on any atom is -0.480 e. The fourth-order valence-corrected chi connectivity index (χ4v) is 3.95. The number of piperidine rings is 1. The quantitative estimate of drug-likeness (QED) is 0.808. The molecule has 1 aromatic heterocycles. The lowest BCUT2D eigenvalue weighted by Crippen LogP contribution is -2.49. The van der Waals surface area contributed by atoms with Crippen molar-refractivity contribution in [3.05, 3.63) is 48.0 Å². The van der Waals surface area contributed by atoms with E-state index in [1.54, 1.807) is 13.2 Å². The molecule has 1 amide bonds. The summed E-state index contributed by atoms with van der Waals surface area (Å²) in [6, 6.07) is 13.8. The number of hydrogen-bond acceptors (Lipinski definition) is 6. The van der Waals surface area contributed by atoms with E-state index in [9.17, 15) is 4.79 Å². The van der Waals surface area contributed by atoms with Crippen LogP contribution in [0, 0.1) is 5.92 Å². The maximum Gasteiger partial charge on any atom is 0.233 e. The van der Waals surface area contributed by atoms with Gasteiger partial charge in [-0.25, -0.2) is 0 Å². The van der Waals surface area contributed by atoms with Gasteiger partial charge in [0.1, 0.15) is 6.10 Å². The van der Waals surface area contributed by atoms with Crippen LogP contribution in [0.5, 0.6) is 5.88 Å². The maximum atomic E-state index is 13.2. The second-order valence-corrected chi connectivity index (χ2v) is 7.27. The molecule has 4 rings (SSSR count). The van der Waals surface area contributed by atoms with E-state index in [4.69, 9.17) is 9.47 Å². The zero-order chi connectivity index (χ0) is 19.3. The number of hydrogen-bond donors (Lipinski definition) is 0. The zero-order valence-electron chi connectivity index (χ0n) is 16.2. The Hall–Kier alpha value is -2.67. The molecule has 7 nitrogen and oxygen atoms in total. The molecule has 0 aliphatic carbocycles. The van der Waals surface area contributed by atoms with Crippen molar-refractivity contribution in [2.45, 2.75) is 18.9 Å². The van der Waals surface area contributed by atoms with Gasteiger partial charge in [0, 0.05) is 25.7 Å². The Morgan fingerprint density at radius 1 is 1.11 bits per heavy atom. The minimum atomic E-state index is -0.0500. The molecule has 148 valence electrons. The van der Waals surface area contributed by atoms with Crippen molar-refractivity contribution in [3.8, 4) is 5.88 Å². The van der Waals surface area contributed by atoms with Crippen molar-refractivity contribution in [2.24, 2.45) is 5.92 Å². The maximum absolute atomic E-state index is 13.2. The third kappa shape index (κ3) is 4.09. The number of nitrogens with zero attached hydrogens (tertiary/aromatic N) is 4. The van der Waals surface area contributed by atoms with E-state index >= 15 is 0 Å². The van der Waals surface area contributed by atoms with Gasteiger partial charge < -0.3 is 19.3 Å². The van der Waals surface area contributed by atoms with E-state index in [-0.39, 0.29) is 17.9 Å². The van der Waals surface area contributed by atoms with Gasteiger partial charge in [-0.2, -0.15) is 0 Å². The molecule has 0 spiro atoms. The van der Waals surface area contributed by atoms with E-state index in [0.717, 1.165) is 30.8 Å². The highest BCUT2D eigenvalue weighted by atomic mass is 16.5. The molecular formula is C21H26N4O3. The molecule has 0 bridgehead atoms. The van der Waals surface area contributed by atoms with E-state index in [1.165, 1.54) is 0 Å². The average Bonchev–Trinajstić information content (AvgIpc) is 2.79. The zero-order valence-corrected chi connectivity index (χ0v) is 16.2. The normalized spacial score (nSPS) is 22.8. The molecule has 0 unspecified atom stereocenters. The van der Waals surface area contributed by atoms with Gasteiger partial charge in [0.25, 0.3) is 0 Å². The molecule has 0 saturated carbocycles. The molecule has 2 aromatic rings. The number of carbonyl (C=O) groups excluding carboxylic acids is 1. The molecule has 2 fully saturated rings. The molecule has 28 heavy (non-hydrogen) atoms. The monoisotopic (exact) mass is 382 g/mol. The Morgan fingerprint density at radius 2 is 1.96 bits per heavy atom. The Bertz CT molecular complexity index is 784. The fraction of sp³-hybridized carbons (Fsp3) is 0.476. The number of methoxy groups -OCH3 is 1. The first kappa shape index (κ1) is 18.7. The molecule has 2 aliphatic rings. The number of amides is 1. The molecule has 2 saturated heterocycles. The van der Waals surface area contributed by atoms with E-state index in [1.807, 2.05) is 29.2 Å². The van der Waals surface area contributed by atoms with E-state index < -0.39 is 0 Å². The lowest BCUT2D eigenvalue weighted by atomic mass is 9.95. The van der Waals surface area contributed by atoms with Crippen LogP contribution >= 0.6 is 0 Å².